The Hall–Kier alpha value is -1.06. The number of hydrogen-bond donors (Lipinski definition) is 1. The molecule has 2 saturated heterocycles. The zero-order valence-corrected chi connectivity index (χ0v) is 18.8. The molecule has 1 unspecified atom stereocenters. The molecule has 2 aliphatic heterocycles. The van der Waals surface area contributed by atoms with Gasteiger partial charge in [-0.3, -0.25) is 9.79 Å². The molecule has 1 aromatic carbocycles. The minimum absolute atomic E-state index is 0. The van der Waals surface area contributed by atoms with Crippen LogP contribution in [-0.4, -0.2) is 67.6 Å². The molecule has 27 heavy (non-hydrogen) atoms. The van der Waals surface area contributed by atoms with Crippen LogP contribution in [0.25, 0.3) is 0 Å². The molecule has 1 aromatic rings. The minimum Gasteiger partial charge on any atom is -0.378 e. The van der Waals surface area contributed by atoms with Gasteiger partial charge in [-0.05, 0) is 37.0 Å². The Morgan fingerprint density at radius 2 is 2.11 bits per heavy atom. The van der Waals surface area contributed by atoms with E-state index in [0.717, 1.165) is 50.5 Å². The summed E-state index contributed by atoms with van der Waals surface area (Å²) < 4.78 is 5.65. The van der Waals surface area contributed by atoms with E-state index >= 15 is 0 Å². The number of piperazine rings is 1. The van der Waals surface area contributed by atoms with Gasteiger partial charge in [0.25, 0.3) is 0 Å². The van der Waals surface area contributed by atoms with Gasteiger partial charge in [-0.25, -0.2) is 0 Å². The van der Waals surface area contributed by atoms with Crippen LogP contribution in [0.4, 0.5) is 0 Å². The van der Waals surface area contributed by atoms with Crippen LogP contribution in [0, 0.1) is 0 Å². The van der Waals surface area contributed by atoms with Crippen molar-refractivity contribution in [1.82, 2.24) is 15.1 Å². The number of aliphatic imine (C=N–C) groups is 1. The van der Waals surface area contributed by atoms with Crippen molar-refractivity contribution in [2.24, 2.45) is 4.99 Å². The number of carbonyl (C=O) groups excluding carboxylic acids is 1. The number of carbonyl (C=O) groups is 1. The SMILES string of the molecule is CN=C(NCCC1CCCO1)N1CCN(Cc2ccc(Cl)cc2)C(=O)C1.I. The summed E-state index contributed by atoms with van der Waals surface area (Å²) in [6, 6.07) is 7.65. The fourth-order valence-electron chi connectivity index (χ4n) is 3.42. The molecule has 8 heteroatoms. The van der Waals surface area contributed by atoms with Gasteiger partial charge in [0.1, 0.15) is 0 Å². The van der Waals surface area contributed by atoms with Crippen LogP contribution >= 0.6 is 35.6 Å². The first-order chi connectivity index (χ1) is 12.7. The number of nitrogens with one attached hydrogen (secondary N) is 1. The van der Waals surface area contributed by atoms with Crippen LogP contribution in [0.3, 0.4) is 0 Å². The summed E-state index contributed by atoms with van der Waals surface area (Å²) in [5.41, 5.74) is 1.09. The number of rotatable bonds is 5. The lowest BCUT2D eigenvalue weighted by molar-refractivity contribution is -0.135. The van der Waals surface area contributed by atoms with Gasteiger partial charge >= 0.3 is 0 Å². The maximum absolute atomic E-state index is 12.5. The van der Waals surface area contributed by atoms with Gasteiger partial charge in [0.05, 0.1) is 12.6 Å². The van der Waals surface area contributed by atoms with Gasteiger partial charge in [-0.2, -0.15) is 0 Å². The number of benzene rings is 1. The molecule has 0 aromatic heterocycles. The lowest BCUT2D eigenvalue weighted by Gasteiger charge is -2.36. The fraction of sp³-hybridized carbons (Fsp3) is 0.579. The van der Waals surface area contributed by atoms with Crippen molar-refractivity contribution in [2.75, 3.05) is 39.8 Å². The van der Waals surface area contributed by atoms with E-state index in [1.165, 1.54) is 0 Å². The van der Waals surface area contributed by atoms with Gasteiger partial charge in [0.15, 0.2) is 5.96 Å². The molecule has 2 aliphatic rings. The molecule has 2 fully saturated rings. The Bertz CT molecular complexity index is 635. The third-order valence-corrected chi connectivity index (χ3v) is 5.14. The van der Waals surface area contributed by atoms with Crippen LogP contribution in [0.5, 0.6) is 0 Å². The quantitative estimate of drug-likeness (QED) is 0.379. The van der Waals surface area contributed by atoms with E-state index in [9.17, 15) is 4.79 Å². The van der Waals surface area contributed by atoms with Gasteiger partial charge < -0.3 is 19.9 Å². The molecular weight excluding hydrogens is 479 g/mol. The highest BCUT2D eigenvalue weighted by Gasteiger charge is 2.26. The van der Waals surface area contributed by atoms with E-state index in [-0.39, 0.29) is 29.9 Å². The lowest BCUT2D eigenvalue weighted by atomic mass is 10.2. The van der Waals surface area contributed by atoms with Crippen LogP contribution in [0.2, 0.25) is 5.02 Å². The molecule has 1 N–H and O–H groups in total. The van der Waals surface area contributed by atoms with Crippen molar-refractivity contribution in [1.29, 1.82) is 0 Å². The average Bonchev–Trinajstić information content (AvgIpc) is 3.16. The van der Waals surface area contributed by atoms with Gasteiger partial charge in [-0.15, -0.1) is 24.0 Å². The highest BCUT2D eigenvalue weighted by atomic mass is 127. The van der Waals surface area contributed by atoms with E-state index in [4.69, 9.17) is 16.3 Å². The van der Waals surface area contributed by atoms with E-state index in [1.54, 1.807) is 7.05 Å². The molecule has 0 spiro atoms. The molecule has 0 saturated carbocycles. The van der Waals surface area contributed by atoms with Crippen LogP contribution < -0.4 is 5.32 Å². The van der Waals surface area contributed by atoms with Gasteiger partial charge in [0.2, 0.25) is 5.91 Å². The summed E-state index contributed by atoms with van der Waals surface area (Å²) in [5, 5.41) is 4.08. The monoisotopic (exact) mass is 506 g/mol. The van der Waals surface area contributed by atoms with Crippen molar-refractivity contribution < 1.29 is 9.53 Å². The highest BCUT2D eigenvalue weighted by Crippen LogP contribution is 2.15. The zero-order chi connectivity index (χ0) is 18.4. The Labute approximate surface area is 183 Å². The molecule has 0 radical (unpaired) electrons. The number of guanidine groups is 1. The maximum atomic E-state index is 12.5. The molecule has 2 heterocycles. The second-order valence-electron chi connectivity index (χ2n) is 6.76. The highest BCUT2D eigenvalue weighted by molar-refractivity contribution is 14.0. The minimum atomic E-state index is 0. The van der Waals surface area contributed by atoms with Crippen molar-refractivity contribution in [3.05, 3.63) is 34.9 Å². The van der Waals surface area contributed by atoms with Crippen LogP contribution in [-0.2, 0) is 16.1 Å². The van der Waals surface area contributed by atoms with E-state index in [1.807, 2.05) is 34.1 Å². The number of nitrogens with zero attached hydrogens (tertiary/aromatic N) is 3. The smallest absolute Gasteiger partial charge is 0.242 e. The largest absolute Gasteiger partial charge is 0.378 e. The number of halogens is 2. The predicted molar refractivity (Wildman–Crippen MR) is 119 cm³/mol. The average molecular weight is 507 g/mol. The van der Waals surface area contributed by atoms with E-state index in [0.29, 0.717) is 30.8 Å². The second-order valence-corrected chi connectivity index (χ2v) is 7.20. The summed E-state index contributed by atoms with van der Waals surface area (Å²) in [7, 11) is 1.76. The number of hydrogen-bond acceptors (Lipinski definition) is 3. The van der Waals surface area contributed by atoms with E-state index < -0.39 is 0 Å². The Balaban J connectivity index is 0.00000261. The maximum Gasteiger partial charge on any atom is 0.242 e. The second kappa shape index (κ2) is 11.1. The van der Waals surface area contributed by atoms with Gasteiger partial charge in [-0.1, -0.05) is 23.7 Å². The number of ether oxygens (including phenoxy) is 1. The Morgan fingerprint density at radius 1 is 1.33 bits per heavy atom. The molecular formula is C19H28ClIN4O2. The summed E-state index contributed by atoms with van der Waals surface area (Å²) >= 11 is 5.92. The summed E-state index contributed by atoms with van der Waals surface area (Å²) in [6.07, 6.45) is 3.63. The van der Waals surface area contributed by atoms with Crippen LogP contribution in [0.1, 0.15) is 24.8 Å². The standard InChI is InChI=1S/C19H27ClN4O2.HI/c1-21-19(22-9-8-17-3-2-12-26-17)24-11-10-23(18(25)14-24)13-15-4-6-16(20)7-5-15;/h4-7,17H,2-3,8-14H2,1H3,(H,21,22);1H. The summed E-state index contributed by atoms with van der Waals surface area (Å²) in [4.78, 5) is 20.8. The van der Waals surface area contributed by atoms with Crippen molar-refractivity contribution in [3.8, 4) is 0 Å². The molecule has 3 rings (SSSR count). The Morgan fingerprint density at radius 3 is 2.74 bits per heavy atom. The first-order valence-corrected chi connectivity index (χ1v) is 9.63. The molecule has 1 atom stereocenters. The number of amides is 1. The first kappa shape index (κ1) is 22.2. The predicted octanol–water partition coefficient (Wildman–Crippen LogP) is 2.75. The van der Waals surface area contributed by atoms with Gasteiger partial charge in [0, 0.05) is 44.9 Å². The zero-order valence-electron chi connectivity index (χ0n) is 15.7. The Kier molecular flexibility index (Phi) is 9.11. The lowest BCUT2D eigenvalue weighted by Crippen LogP contribution is -2.55. The van der Waals surface area contributed by atoms with Crippen molar-refractivity contribution >= 4 is 47.4 Å². The summed E-state index contributed by atoms with van der Waals surface area (Å²) in [6.45, 7) is 4.13. The molecule has 0 aliphatic carbocycles. The third-order valence-electron chi connectivity index (χ3n) is 4.89. The molecule has 1 amide bonds. The fourth-order valence-corrected chi connectivity index (χ4v) is 3.54. The summed E-state index contributed by atoms with van der Waals surface area (Å²) in [5.74, 6) is 0.913. The first-order valence-electron chi connectivity index (χ1n) is 9.25. The van der Waals surface area contributed by atoms with Crippen molar-refractivity contribution in [2.45, 2.75) is 31.9 Å². The molecule has 0 bridgehead atoms. The molecule has 6 nitrogen and oxygen atoms in total. The van der Waals surface area contributed by atoms with Crippen molar-refractivity contribution in [3.63, 3.8) is 0 Å². The van der Waals surface area contributed by atoms with E-state index in [2.05, 4.69) is 10.3 Å². The normalized spacial score (nSPS) is 20.6. The topological polar surface area (TPSA) is 57.2 Å². The van der Waals surface area contributed by atoms with Crippen LogP contribution in [0.15, 0.2) is 29.3 Å². The molecule has 150 valence electrons. The third kappa shape index (κ3) is 6.50.